The number of rotatable bonds is 46. The van der Waals surface area contributed by atoms with E-state index in [-0.39, 0.29) is 94.4 Å². The van der Waals surface area contributed by atoms with Crippen molar-refractivity contribution < 1.29 is 111 Å². The fourth-order valence-electron chi connectivity index (χ4n) is 14.8. The number of carboxylic acid groups (broad SMARTS) is 2. The Hall–Kier alpha value is -12.4. The number of likely N-dealkylation sites (tertiary alicyclic amines) is 4. The first-order chi connectivity index (χ1) is 57.5. The van der Waals surface area contributed by atoms with Crippen molar-refractivity contribution in [3.63, 3.8) is 0 Å². The Morgan fingerprint density at radius 1 is 0.475 bits per heavy atom. The number of hydrogen-bond donors (Lipinski definition) is 19. The third-order valence-electron chi connectivity index (χ3n) is 21.4. The summed E-state index contributed by atoms with van der Waals surface area (Å²) in [5.41, 5.74) is 23.1. The summed E-state index contributed by atoms with van der Waals surface area (Å²) < 4.78 is 0. The lowest BCUT2D eigenvalue weighted by molar-refractivity contribution is -0.151. The van der Waals surface area contributed by atoms with Gasteiger partial charge < -0.3 is 121 Å². The number of phenolic OH excluding ortho intramolecular Hbond substituents is 1. The topological polar surface area (TPSA) is 680 Å². The maximum atomic E-state index is 14.7. The smallest absolute Gasteiger partial charge is 0.326 e. The van der Waals surface area contributed by atoms with Gasteiger partial charge in [-0.1, -0.05) is 60.1 Å². The van der Waals surface area contributed by atoms with Crippen LogP contribution in [0.25, 0.3) is 0 Å². The van der Waals surface area contributed by atoms with Crippen LogP contribution in [0.4, 0.5) is 0 Å². The third-order valence-corrected chi connectivity index (χ3v) is 21.4. The standard InChI is InChI=1S/C78H117N21O23/c1-9-40(6)63(77(120)99-27-13-17-57(99)78(121)122)95-72(115)48(29-39(4)5)91-68(111)47(22-23-58(80)101)88-70(113)51(32-59(81)102)89-64(107)41(7)86-61(104)36-84-67(110)50(31-44-35-83-37-85-44)92-71(114)52(34-62(105)106)90-65(108)42(8)87-69(112)49(30-43-18-20-45(100)21-19-43)93-73(116)54-14-10-24-96(54)75(118)56-16-12-26-98(56)76(119)55-15-11-25-97(55)74(117)53(33-60(82)103)94-66(109)46(79)28-38(2)3/h18-21,35,37-42,46-57,63,100H,9-17,22-34,36,79H2,1-8H3,(H2,80,101)(H2,81,102)(H2,82,103)(H,83,85)(H,84,110)(H,86,104)(H,87,112)(H,88,113)(H,89,107)(H,90,108)(H,91,111)(H,92,114)(H,93,116)(H,94,109)(H,95,115)(H,105,106)(H,121,122)/t40-,41-,42-,46-,47-,48-,49-,50-,51-,52-,53-,54-,55-,56-,57-,63-/m0/s1. The largest absolute Gasteiger partial charge is 0.508 e. The molecule has 23 N–H and O–H groups in total. The number of nitrogens with zero attached hydrogens (tertiary/aromatic N) is 5. The molecular weight excluding hydrogens is 1600 g/mol. The molecular formula is C78H117N21O23. The molecule has 4 aliphatic rings. The molecule has 122 heavy (non-hydrogen) atoms. The highest BCUT2D eigenvalue weighted by Gasteiger charge is 2.48. The summed E-state index contributed by atoms with van der Waals surface area (Å²) in [5.74, 6) is -20.6. The van der Waals surface area contributed by atoms with E-state index in [9.17, 15) is 111 Å². The second kappa shape index (κ2) is 46.4. The van der Waals surface area contributed by atoms with Gasteiger partial charge in [0.25, 0.3) is 0 Å². The Kier molecular flexibility index (Phi) is 37.4. The zero-order chi connectivity index (χ0) is 90.7. The van der Waals surface area contributed by atoms with Crippen LogP contribution in [0.5, 0.6) is 5.75 Å². The lowest BCUT2D eigenvalue weighted by Gasteiger charge is -2.35. The minimum atomic E-state index is -1.99. The number of aromatic amines is 1. The zero-order valence-electron chi connectivity index (χ0n) is 69.7. The van der Waals surface area contributed by atoms with Crippen molar-refractivity contribution in [3.05, 3.63) is 48.0 Å². The van der Waals surface area contributed by atoms with Crippen molar-refractivity contribution in [2.75, 3.05) is 32.7 Å². The normalized spacial score (nSPS) is 19.2. The van der Waals surface area contributed by atoms with E-state index in [1.807, 2.05) is 13.8 Å². The Bertz CT molecular complexity index is 4150. The third kappa shape index (κ3) is 29.2. The molecule has 44 heteroatoms. The monoisotopic (exact) mass is 1720 g/mol. The zero-order valence-corrected chi connectivity index (χ0v) is 69.7. The van der Waals surface area contributed by atoms with Gasteiger partial charge in [-0.15, -0.1) is 0 Å². The van der Waals surface area contributed by atoms with Crippen molar-refractivity contribution in [1.82, 2.24) is 88.1 Å². The van der Waals surface area contributed by atoms with Gasteiger partial charge in [0, 0.05) is 57.3 Å². The van der Waals surface area contributed by atoms with E-state index in [0.29, 0.717) is 37.7 Å². The number of phenols is 1. The summed E-state index contributed by atoms with van der Waals surface area (Å²) in [6.45, 7) is 12.3. The fraction of sp³-hybridized carbons (Fsp3) is 0.628. The Labute approximate surface area is 703 Å². The summed E-state index contributed by atoms with van der Waals surface area (Å²) in [5, 5.41) is 56.6. The summed E-state index contributed by atoms with van der Waals surface area (Å²) >= 11 is 0. The van der Waals surface area contributed by atoms with Gasteiger partial charge in [0.15, 0.2) is 0 Å². The quantitative estimate of drug-likeness (QED) is 0.0293. The highest BCUT2D eigenvalue weighted by Crippen LogP contribution is 2.30. The fourth-order valence-corrected chi connectivity index (χ4v) is 14.8. The molecule has 1 aromatic carbocycles. The van der Waals surface area contributed by atoms with Gasteiger partial charge in [0.1, 0.15) is 90.3 Å². The van der Waals surface area contributed by atoms with Crippen molar-refractivity contribution in [2.45, 2.75) is 262 Å². The van der Waals surface area contributed by atoms with E-state index in [0.717, 1.165) is 13.8 Å². The van der Waals surface area contributed by atoms with E-state index in [1.54, 1.807) is 27.7 Å². The van der Waals surface area contributed by atoms with Gasteiger partial charge in [-0.05, 0) is 120 Å². The Morgan fingerprint density at radius 2 is 0.934 bits per heavy atom. The number of primary amides is 3. The summed E-state index contributed by atoms with van der Waals surface area (Å²) in [4.78, 5) is 284. The number of aliphatic carboxylic acids is 2. The number of nitrogens with two attached hydrogens (primary N) is 4. The lowest BCUT2D eigenvalue weighted by Crippen LogP contribution is -2.60. The number of nitrogens with one attached hydrogen (secondary N) is 12. The Balaban J connectivity index is 1.09. The molecule has 672 valence electrons. The van der Waals surface area contributed by atoms with Crippen molar-refractivity contribution in [1.29, 1.82) is 0 Å². The van der Waals surface area contributed by atoms with E-state index < -0.39 is 260 Å². The molecule has 4 fully saturated rings. The predicted octanol–water partition coefficient (Wildman–Crippen LogP) is -6.09. The van der Waals surface area contributed by atoms with Crippen molar-refractivity contribution in [2.24, 2.45) is 40.7 Å². The number of carboxylic acids is 2. The molecule has 18 amide bonds. The number of amides is 18. The molecule has 5 heterocycles. The minimum Gasteiger partial charge on any atom is -0.508 e. The molecule has 4 saturated heterocycles. The summed E-state index contributed by atoms with van der Waals surface area (Å²) in [7, 11) is 0. The minimum absolute atomic E-state index is 0.0205. The number of aromatic hydroxyl groups is 1. The number of H-pyrrole nitrogens is 1. The van der Waals surface area contributed by atoms with Crippen LogP contribution in [0, 0.1) is 17.8 Å². The second-order valence-corrected chi connectivity index (χ2v) is 32.1. The van der Waals surface area contributed by atoms with Gasteiger partial charge in [-0.25, -0.2) is 9.78 Å². The van der Waals surface area contributed by atoms with Crippen LogP contribution in [0.15, 0.2) is 36.8 Å². The average Bonchev–Trinajstić information content (AvgIpc) is 1.62. The van der Waals surface area contributed by atoms with E-state index >= 15 is 0 Å². The van der Waals surface area contributed by atoms with Gasteiger partial charge in [0.05, 0.1) is 38.2 Å². The SMILES string of the molecule is CC[C@H](C)[C@H](NC(=O)[C@H](CC(C)C)NC(=O)[C@H](CCC(N)=O)NC(=O)[C@H](CC(N)=O)NC(=O)[C@H](C)NC(=O)CNC(=O)[C@H](Cc1cnc[nH]1)NC(=O)[C@H](CC(=O)O)NC(=O)[C@H](C)NC(=O)[C@H](Cc1ccc(O)cc1)NC(=O)[C@@H]1CCCN1C(=O)[C@@H]1CCCN1C(=O)[C@@H]1CCCN1C(=O)[C@H](CC(N)=O)NC(=O)[C@@H](N)CC(C)C)C(=O)N1CCC[C@H]1C(=O)O. The van der Waals surface area contributed by atoms with Gasteiger partial charge in [0.2, 0.25) is 106 Å². The van der Waals surface area contributed by atoms with E-state index in [1.165, 1.54) is 56.4 Å². The molecule has 0 unspecified atom stereocenters. The molecule has 0 saturated carbocycles. The first kappa shape index (κ1) is 98.4. The highest BCUT2D eigenvalue weighted by molar-refractivity contribution is 6.02. The number of hydrogen-bond acceptors (Lipinski definition) is 23. The predicted molar refractivity (Wildman–Crippen MR) is 429 cm³/mol. The van der Waals surface area contributed by atoms with Crippen LogP contribution in [-0.4, -0.2) is 287 Å². The molecule has 2 aromatic rings. The Morgan fingerprint density at radius 3 is 1.47 bits per heavy atom. The van der Waals surface area contributed by atoms with Gasteiger partial charge in [-0.3, -0.25) is 91.1 Å². The summed E-state index contributed by atoms with van der Waals surface area (Å²) in [6.07, 6.45) is 0.903. The van der Waals surface area contributed by atoms with Crippen molar-refractivity contribution in [3.8, 4) is 5.75 Å². The average molecular weight is 1720 g/mol. The number of imidazole rings is 1. The molecule has 0 bridgehead atoms. The lowest BCUT2D eigenvalue weighted by atomic mass is 9.95. The van der Waals surface area contributed by atoms with Crippen LogP contribution in [0.3, 0.4) is 0 Å². The van der Waals surface area contributed by atoms with Gasteiger partial charge in [-0.2, -0.15) is 0 Å². The van der Waals surface area contributed by atoms with Crippen LogP contribution in [-0.2, 0) is 109 Å². The van der Waals surface area contributed by atoms with Gasteiger partial charge >= 0.3 is 11.9 Å². The number of carbonyl (C=O) groups excluding carboxylic acids is 18. The first-order valence-electron chi connectivity index (χ1n) is 40.8. The molecule has 0 spiro atoms. The molecule has 0 aliphatic carbocycles. The molecule has 16 atom stereocenters. The highest BCUT2D eigenvalue weighted by atomic mass is 16.4. The number of aromatic nitrogens is 2. The first-order valence-corrected chi connectivity index (χ1v) is 40.8. The van der Waals surface area contributed by atoms with E-state index in [4.69, 9.17) is 22.9 Å². The van der Waals surface area contributed by atoms with E-state index in [2.05, 4.69) is 68.5 Å². The molecule has 44 nitrogen and oxygen atoms in total. The molecule has 4 aliphatic heterocycles. The number of carbonyl (C=O) groups is 20. The summed E-state index contributed by atoms with van der Waals surface area (Å²) in [6, 6.07) is -16.1. The molecule has 0 radical (unpaired) electrons. The van der Waals surface area contributed by atoms with Crippen molar-refractivity contribution >= 4 is 118 Å². The van der Waals surface area contributed by atoms with Crippen LogP contribution < -0.4 is 81.4 Å². The van der Waals surface area contributed by atoms with Crippen LogP contribution in [0.1, 0.15) is 169 Å². The molecule has 6 rings (SSSR count). The maximum absolute atomic E-state index is 14.7. The molecule has 1 aromatic heterocycles. The second-order valence-electron chi connectivity index (χ2n) is 32.1. The maximum Gasteiger partial charge on any atom is 0.326 e. The number of benzene rings is 1. The van der Waals surface area contributed by atoms with Crippen LogP contribution >= 0.6 is 0 Å². The van der Waals surface area contributed by atoms with Crippen LogP contribution in [0.2, 0.25) is 0 Å².